The summed E-state index contributed by atoms with van der Waals surface area (Å²) in [6.45, 7) is -0.175. The van der Waals surface area contributed by atoms with Gasteiger partial charge in [-0.3, -0.25) is 4.79 Å². The second kappa shape index (κ2) is 7.91. The van der Waals surface area contributed by atoms with Crippen molar-refractivity contribution in [3.05, 3.63) is 63.3 Å². The Morgan fingerprint density at radius 2 is 2.05 bits per heavy atom. The molecule has 0 spiro atoms. The summed E-state index contributed by atoms with van der Waals surface area (Å²) in [5.41, 5.74) is 2.96. The van der Waals surface area contributed by atoms with Crippen LogP contribution in [0.3, 0.4) is 0 Å². The number of rotatable bonds is 5. The summed E-state index contributed by atoms with van der Waals surface area (Å²) in [6.07, 6.45) is 1.41. The highest BCUT2D eigenvalue weighted by atomic mass is 79.9. The summed E-state index contributed by atoms with van der Waals surface area (Å²) < 4.78 is 18.6. The molecule has 0 saturated carbocycles. The maximum atomic E-state index is 13.0. The number of halogens is 3. The zero-order chi connectivity index (χ0) is 15.9. The molecule has 1 amide bonds. The second-order valence-corrected chi connectivity index (χ2v) is 5.50. The Kier molecular flexibility index (Phi) is 5.91. The molecule has 0 aliphatic carbocycles. The van der Waals surface area contributed by atoms with Crippen LogP contribution in [0.15, 0.2) is 52.0 Å². The zero-order valence-electron chi connectivity index (χ0n) is 11.2. The first-order valence-electron chi connectivity index (χ1n) is 6.20. The first-order chi connectivity index (χ1) is 10.5. The monoisotopic (exact) mass is 384 g/mol. The van der Waals surface area contributed by atoms with Gasteiger partial charge in [0.05, 0.1) is 10.7 Å². The van der Waals surface area contributed by atoms with Crippen molar-refractivity contribution in [2.24, 2.45) is 5.10 Å². The Labute approximate surface area is 140 Å². The van der Waals surface area contributed by atoms with Gasteiger partial charge in [-0.25, -0.2) is 9.82 Å². The molecule has 0 aliphatic rings. The van der Waals surface area contributed by atoms with Gasteiger partial charge in [-0.1, -0.05) is 17.7 Å². The number of hydrazone groups is 1. The SMILES string of the molecule is O=C(COc1ccc(Cl)cc1)N/N=C/c1ccc(F)c(Br)c1. The zero-order valence-corrected chi connectivity index (χ0v) is 13.6. The highest BCUT2D eigenvalue weighted by molar-refractivity contribution is 9.10. The fourth-order valence-corrected chi connectivity index (χ4v) is 2.01. The van der Waals surface area contributed by atoms with Crippen molar-refractivity contribution in [3.8, 4) is 5.75 Å². The molecule has 114 valence electrons. The number of benzene rings is 2. The topological polar surface area (TPSA) is 50.7 Å². The average molecular weight is 386 g/mol. The molecule has 2 aromatic rings. The molecule has 0 fully saturated rings. The van der Waals surface area contributed by atoms with Gasteiger partial charge in [0.15, 0.2) is 6.61 Å². The number of ether oxygens (including phenoxy) is 1. The molecule has 0 saturated heterocycles. The van der Waals surface area contributed by atoms with E-state index in [1.54, 1.807) is 36.4 Å². The summed E-state index contributed by atoms with van der Waals surface area (Å²) in [5, 5.41) is 4.36. The maximum Gasteiger partial charge on any atom is 0.277 e. The minimum absolute atomic E-state index is 0.175. The predicted molar refractivity (Wildman–Crippen MR) is 86.8 cm³/mol. The molecule has 22 heavy (non-hydrogen) atoms. The lowest BCUT2D eigenvalue weighted by molar-refractivity contribution is -0.123. The normalized spacial score (nSPS) is 10.7. The highest BCUT2D eigenvalue weighted by Crippen LogP contribution is 2.16. The highest BCUT2D eigenvalue weighted by Gasteiger charge is 2.02. The lowest BCUT2D eigenvalue weighted by Crippen LogP contribution is -2.24. The van der Waals surface area contributed by atoms with Gasteiger partial charge in [-0.15, -0.1) is 0 Å². The van der Waals surface area contributed by atoms with Crippen LogP contribution in [-0.2, 0) is 4.79 Å². The Hall–Kier alpha value is -1.92. The molecule has 1 N–H and O–H groups in total. The van der Waals surface area contributed by atoms with Gasteiger partial charge >= 0.3 is 0 Å². The van der Waals surface area contributed by atoms with Crippen molar-refractivity contribution >= 4 is 39.7 Å². The molecule has 0 radical (unpaired) electrons. The first-order valence-corrected chi connectivity index (χ1v) is 7.37. The number of carbonyl (C=O) groups is 1. The average Bonchev–Trinajstić information content (AvgIpc) is 2.50. The fourth-order valence-electron chi connectivity index (χ4n) is 1.48. The van der Waals surface area contributed by atoms with E-state index in [0.29, 0.717) is 20.8 Å². The van der Waals surface area contributed by atoms with Crippen molar-refractivity contribution in [1.82, 2.24) is 5.43 Å². The number of amides is 1. The van der Waals surface area contributed by atoms with Crippen molar-refractivity contribution < 1.29 is 13.9 Å². The number of nitrogens with one attached hydrogen (secondary N) is 1. The standard InChI is InChI=1S/C15H11BrClFN2O2/c16-13-7-10(1-6-14(13)18)8-19-20-15(21)9-22-12-4-2-11(17)3-5-12/h1-8H,9H2,(H,20,21)/b19-8+. The van der Waals surface area contributed by atoms with Crippen molar-refractivity contribution in [1.29, 1.82) is 0 Å². The number of hydrogen-bond donors (Lipinski definition) is 1. The largest absolute Gasteiger partial charge is 0.484 e. The molecule has 7 heteroatoms. The number of hydrogen-bond acceptors (Lipinski definition) is 3. The van der Waals surface area contributed by atoms with Gasteiger partial charge in [0.1, 0.15) is 11.6 Å². The van der Waals surface area contributed by atoms with E-state index in [9.17, 15) is 9.18 Å². The minimum atomic E-state index is -0.410. The van der Waals surface area contributed by atoms with Gasteiger partial charge in [0, 0.05) is 5.02 Å². The molecule has 2 rings (SSSR count). The van der Waals surface area contributed by atoms with Crippen LogP contribution in [-0.4, -0.2) is 18.7 Å². The molecular weight excluding hydrogens is 375 g/mol. The smallest absolute Gasteiger partial charge is 0.277 e. The third kappa shape index (κ3) is 5.13. The minimum Gasteiger partial charge on any atom is -0.484 e. The van der Waals surface area contributed by atoms with Gasteiger partial charge in [0.25, 0.3) is 5.91 Å². The summed E-state index contributed by atoms with van der Waals surface area (Å²) in [5.74, 6) is -0.240. The quantitative estimate of drug-likeness (QED) is 0.629. The molecule has 4 nitrogen and oxygen atoms in total. The Balaban J connectivity index is 1.80. The van der Waals surface area contributed by atoms with Crippen molar-refractivity contribution in [2.75, 3.05) is 6.61 Å². The Bertz CT molecular complexity index is 692. The van der Waals surface area contributed by atoms with Gasteiger partial charge in [-0.2, -0.15) is 5.10 Å². The van der Waals surface area contributed by atoms with Crippen LogP contribution in [0.4, 0.5) is 4.39 Å². The van der Waals surface area contributed by atoms with E-state index in [2.05, 4.69) is 26.5 Å². The molecular formula is C15H11BrClFN2O2. The molecule has 0 heterocycles. The van der Waals surface area contributed by atoms with E-state index in [1.165, 1.54) is 12.3 Å². The van der Waals surface area contributed by atoms with Gasteiger partial charge < -0.3 is 4.74 Å². The van der Waals surface area contributed by atoms with E-state index in [0.717, 1.165) is 0 Å². The predicted octanol–water partition coefficient (Wildman–Crippen LogP) is 3.77. The van der Waals surface area contributed by atoms with E-state index < -0.39 is 5.91 Å². The lowest BCUT2D eigenvalue weighted by atomic mass is 10.2. The molecule has 0 atom stereocenters. The van der Waals surface area contributed by atoms with Gasteiger partial charge in [0.2, 0.25) is 0 Å². The molecule has 0 bridgehead atoms. The Morgan fingerprint density at radius 1 is 1.32 bits per heavy atom. The van der Waals surface area contributed by atoms with Crippen LogP contribution in [0.1, 0.15) is 5.56 Å². The van der Waals surface area contributed by atoms with Crippen LogP contribution < -0.4 is 10.2 Å². The summed E-state index contributed by atoms with van der Waals surface area (Å²) in [7, 11) is 0. The van der Waals surface area contributed by atoms with Crippen LogP contribution in [0.5, 0.6) is 5.75 Å². The van der Waals surface area contributed by atoms with E-state index in [4.69, 9.17) is 16.3 Å². The summed E-state index contributed by atoms with van der Waals surface area (Å²) in [6, 6.07) is 11.1. The molecule has 0 unspecified atom stereocenters. The third-order valence-corrected chi connectivity index (χ3v) is 3.39. The summed E-state index contributed by atoms with van der Waals surface area (Å²) in [4.78, 5) is 11.5. The Morgan fingerprint density at radius 3 is 2.73 bits per heavy atom. The third-order valence-electron chi connectivity index (χ3n) is 2.53. The molecule has 2 aromatic carbocycles. The molecule has 0 aromatic heterocycles. The fraction of sp³-hybridized carbons (Fsp3) is 0.0667. The lowest BCUT2D eigenvalue weighted by Gasteiger charge is -2.04. The van der Waals surface area contributed by atoms with Crippen LogP contribution in [0.25, 0.3) is 0 Å². The molecule has 0 aliphatic heterocycles. The summed E-state index contributed by atoms with van der Waals surface area (Å²) >= 11 is 8.81. The van der Waals surface area contributed by atoms with Gasteiger partial charge in [-0.05, 0) is 57.9 Å². The van der Waals surface area contributed by atoms with Crippen molar-refractivity contribution in [2.45, 2.75) is 0 Å². The second-order valence-electron chi connectivity index (χ2n) is 4.21. The van der Waals surface area contributed by atoms with E-state index in [1.807, 2.05) is 0 Å². The van der Waals surface area contributed by atoms with E-state index in [-0.39, 0.29) is 12.4 Å². The number of nitrogens with zero attached hydrogens (tertiary/aromatic N) is 1. The van der Waals surface area contributed by atoms with Crippen molar-refractivity contribution in [3.63, 3.8) is 0 Å². The maximum absolute atomic E-state index is 13.0. The van der Waals surface area contributed by atoms with E-state index >= 15 is 0 Å². The number of carbonyl (C=O) groups excluding carboxylic acids is 1. The van der Waals surface area contributed by atoms with Crippen LogP contribution in [0.2, 0.25) is 5.02 Å². The van der Waals surface area contributed by atoms with Crippen LogP contribution >= 0.6 is 27.5 Å². The first kappa shape index (κ1) is 16.5. The van der Waals surface area contributed by atoms with Crippen LogP contribution in [0, 0.1) is 5.82 Å².